The molecule has 0 heterocycles. The predicted octanol–water partition coefficient (Wildman–Crippen LogP) is 4.04. The lowest BCUT2D eigenvalue weighted by Gasteiger charge is -2.13. The Morgan fingerprint density at radius 2 is 1.89 bits per heavy atom. The molecule has 0 aliphatic rings. The summed E-state index contributed by atoms with van der Waals surface area (Å²) in [6, 6.07) is 14.0. The van der Waals surface area contributed by atoms with E-state index < -0.39 is 0 Å². The zero-order valence-corrected chi connectivity index (χ0v) is 12.4. The van der Waals surface area contributed by atoms with Crippen LogP contribution in [0.25, 0.3) is 0 Å². The maximum absolute atomic E-state index is 6.06. The number of nitrogens with one attached hydrogen (secondary N) is 1. The Hall–Kier alpha value is -1.68. The lowest BCUT2D eigenvalue weighted by atomic mass is 10.2. The predicted molar refractivity (Wildman–Crippen MR) is 83.5 cm³/mol. The van der Waals surface area contributed by atoms with Gasteiger partial charge in [0.25, 0.3) is 0 Å². The molecule has 0 aliphatic carbocycles. The molecule has 0 aromatic heterocycles. The van der Waals surface area contributed by atoms with Crippen LogP contribution in [-0.4, -0.2) is 6.61 Å². The Morgan fingerprint density at radius 3 is 2.58 bits per heavy atom. The zero-order valence-electron chi connectivity index (χ0n) is 10.8. The fourth-order valence-corrected chi connectivity index (χ4v) is 2.04. The van der Waals surface area contributed by atoms with Crippen LogP contribution in [0.1, 0.15) is 12.5 Å². The Bertz CT molecular complexity index is 540. The van der Waals surface area contributed by atoms with Gasteiger partial charge < -0.3 is 15.8 Å². The summed E-state index contributed by atoms with van der Waals surface area (Å²) in [5.74, 6) is 0.725. The van der Waals surface area contributed by atoms with E-state index in [4.69, 9.17) is 10.5 Å². The van der Waals surface area contributed by atoms with Crippen LogP contribution in [0.4, 0.5) is 11.4 Å². The van der Waals surface area contributed by atoms with Gasteiger partial charge in [0.05, 0.1) is 18.0 Å². The van der Waals surface area contributed by atoms with Crippen molar-refractivity contribution in [3.8, 4) is 5.75 Å². The van der Waals surface area contributed by atoms with Gasteiger partial charge in [-0.15, -0.1) is 0 Å². The molecule has 2 aromatic carbocycles. The van der Waals surface area contributed by atoms with Gasteiger partial charge in [-0.2, -0.15) is 0 Å². The average molecular weight is 321 g/mol. The third-order valence-electron chi connectivity index (χ3n) is 2.76. The Balaban J connectivity index is 2.07. The highest BCUT2D eigenvalue weighted by molar-refractivity contribution is 9.10. The van der Waals surface area contributed by atoms with Gasteiger partial charge in [-0.25, -0.2) is 0 Å². The summed E-state index contributed by atoms with van der Waals surface area (Å²) in [7, 11) is 0. The van der Waals surface area contributed by atoms with Crippen molar-refractivity contribution in [2.45, 2.75) is 13.5 Å². The first-order valence-corrected chi connectivity index (χ1v) is 6.99. The summed E-state index contributed by atoms with van der Waals surface area (Å²) in [6.07, 6.45) is 0. The molecule has 0 fully saturated rings. The normalized spacial score (nSPS) is 10.2. The maximum atomic E-state index is 6.06. The maximum Gasteiger partial charge on any atom is 0.144 e. The molecule has 19 heavy (non-hydrogen) atoms. The van der Waals surface area contributed by atoms with Crippen molar-refractivity contribution in [2.75, 3.05) is 17.7 Å². The molecule has 0 amide bonds. The molecule has 4 heteroatoms. The molecule has 2 aromatic rings. The number of hydrogen-bond donors (Lipinski definition) is 2. The molecule has 0 atom stereocenters. The Labute approximate surface area is 121 Å². The molecule has 2 rings (SSSR count). The Kier molecular flexibility index (Phi) is 4.68. The third kappa shape index (κ3) is 3.64. The first-order chi connectivity index (χ1) is 9.20. The molecule has 0 unspecified atom stereocenters. The topological polar surface area (TPSA) is 47.3 Å². The SMILES string of the molecule is CCOc1cccc(NCc2ccc(Br)cc2)c1N. The molecule has 0 saturated carbocycles. The second kappa shape index (κ2) is 6.48. The quantitative estimate of drug-likeness (QED) is 0.817. The number of rotatable bonds is 5. The lowest BCUT2D eigenvalue weighted by Crippen LogP contribution is -2.04. The van der Waals surface area contributed by atoms with E-state index in [2.05, 4.69) is 33.4 Å². The number of ether oxygens (including phenoxy) is 1. The van der Waals surface area contributed by atoms with Crippen LogP contribution in [0.5, 0.6) is 5.75 Å². The molecule has 100 valence electrons. The molecule has 0 aliphatic heterocycles. The summed E-state index contributed by atoms with van der Waals surface area (Å²) < 4.78 is 6.55. The first kappa shape index (κ1) is 13.7. The number of benzene rings is 2. The van der Waals surface area contributed by atoms with Gasteiger partial charge >= 0.3 is 0 Å². The highest BCUT2D eigenvalue weighted by atomic mass is 79.9. The minimum absolute atomic E-state index is 0.611. The fraction of sp³-hybridized carbons (Fsp3) is 0.200. The molecule has 3 nitrogen and oxygen atoms in total. The summed E-state index contributed by atoms with van der Waals surface area (Å²) in [5, 5.41) is 3.33. The number of nitrogens with two attached hydrogens (primary N) is 1. The lowest BCUT2D eigenvalue weighted by molar-refractivity contribution is 0.342. The number of hydrogen-bond acceptors (Lipinski definition) is 3. The van der Waals surface area contributed by atoms with E-state index in [0.717, 1.165) is 22.5 Å². The van der Waals surface area contributed by atoms with Gasteiger partial charge in [-0.3, -0.25) is 0 Å². The van der Waals surface area contributed by atoms with Crippen molar-refractivity contribution in [1.29, 1.82) is 0 Å². The van der Waals surface area contributed by atoms with Crippen molar-refractivity contribution in [2.24, 2.45) is 0 Å². The second-order valence-electron chi connectivity index (χ2n) is 4.13. The first-order valence-electron chi connectivity index (χ1n) is 6.20. The van der Waals surface area contributed by atoms with Crippen LogP contribution in [-0.2, 0) is 6.54 Å². The van der Waals surface area contributed by atoms with Crippen LogP contribution < -0.4 is 15.8 Å². The van der Waals surface area contributed by atoms with Crippen molar-refractivity contribution < 1.29 is 4.74 Å². The van der Waals surface area contributed by atoms with Crippen LogP contribution in [0, 0.1) is 0 Å². The van der Waals surface area contributed by atoms with Gasteiger partial charge in [0.1, 0.15) is 5.75 Å². The summed E-state index contributed by atoms with van der Waals surface area (Å²) in [5.41, 5.74) is 8.81. The molecule has 3 N–H and O–H groups in total. The Morgan fingerprint density at radius 1 is 1.16 bits per heavy atom. The molecule has 0 saturated heterocycles. The zero-order chi connectivity index (χ0) is 13.7. The minimum atomic E-state index is 0.611. The van der Waals surface area contributed by atoms with Crippen molar-refractivity contribution in [3.05, 3.63) is 52.5 Å². The molecular formula is C15H17BrN2O. The highest BCUT2D eigenvalue weighted by Crippen LogP contribution is 2.29. The molecule has 0 bridgehead atoms. The van der Waals surface area contributed by atoms with Crippen molar-refractivity contribution in [1.82, 2.24) is 0 Å². The smallest absolute Gasteiger partial charge is 0.144 e. The molecular weight excluding hydrogens is 304 g/mol. The van der Waals surface area contributed by atoms with E-state index in [1.165, 1.54) is 5.56 Å². The summed E-state index contributed by atoms with van der Waals surface area (Å²) in [4.78, 5) is 0. The third-order valence-corrected chi connectivity index (χ3v) is 3.29. The number of anilines is 2. The number of nitrogen functional groups attached to an aromatic ring is 1. The fourth-order valence-electron chi connectivity index (χ4n) is 1.78. The van der Waals surface area contributed by atoms with Gasteiger partial charge in [-0.05, 0) is 36.8 Å². The van der Waals surface area contributed by atoms with E-state index >= 15 is 0 Å². The van der Waals surface area contributed by atoms with E-state index in [0.29, 0.717) is 12.3 Å². The monoisotopic (exact) mass is 320 g/mol. The van der Waals surface area contributed by atoms with Crippen LogP contribution in [0.15, 0.2) is 46.9 Å². The number of para-hydroxylation sites is 1. The number of halogens is 1. The second-order valence-corrected chi connectivity index (χ2v) is 5.05. The molecule has 0 radical (unpaired) electrons. The summed E-state index contributed by atoms with van der Waals surface area (Å²) >= 11 is 3.42. The van der Waals surface area contributed by atoms with Crippen molar-refractivity contribution in [3.63, 3.8) is 0 Å². The van der Waals surface area contributed by atoms with Gasteiger partial charge in [-0.1, -0.05) is 34.1 Å². The van der Waals surface area contributed by atoms with E-state index in [-0.39, 0.29) is 0 Å². The van der Waals surface area contributed by atoms with E-state index in [9.17, 15) is 0 Å². The summed E-state index contributed by atoms with van der Waals surface area (Å²) in [6.45, 7) is 3.29. The average Bonchev–Trinajstić information content (AvgIpc) is 2.42. The van der Waals surface area contributed by atoms with E-state index in [1.807, 2.05) is 37.3 Å². The standard InChI is InChI=1S/C15H17BrN2O/c1-2-19-14-5-3-4-13(15(14)17)18-10-11-6-8-12(16)9-7-11/h3-9,18H,2,10,17H2,1H3. The highest BCUT2D eigenvalue weighted by Gasteiger charge is 2.05. The van der Waals surface area contributed by atoms with Gasteiger partial charge in [0.2, 0.25) is 0 Å². The molecule has 0 spiro atoms. The van der Waals surface area contributed by atoms with Gasteiger partial charge in [0.15, 0.2) is 0 Å². The minimum Gasteiger partial charge on any atom is -0.492 e. The van der Waals surface area contributed by atoms with E-state index in [1.54, 1.807) is 0 Å². The largest absolute Gasteiger partial charge is 0.492 e. The van der Waals surface area contributed by atoms with Crippen molar-refractivity contribution >= 4 is 27.3 Å². The van der Waals surface area contributed by atoms with Crippen LogP contribution >= 0.6 is 15.9 Å². The van der Waals surface area contributed by atoms with Gasteiger partial charge in [0, 0.05) is 11.0 Å². The van der Waals surface area contributed by atoms with Crippen LogP contribution in [0.2, 0.25) is 0 Å². The van der Waals surface area contributed by atoms with Crippen LogP contribution in [0.3, 0.4) is 0 Å².